The summed E-state index contributed by atoms with van der Waals surface area (Å²) in [5.41, 5.74) is 2.36. The zero-order chi connectivity index (χ0) is 20.4. The lowest BCUT2D eigenvalue weighted by molar-refractivity contribution is -0.117. The summed E-state index contributed by atoms with van der Waals surface area (Å²) in [7, 11) is 1.58. The summed E-state index contributed by atoms with van der Waals surface area (Å²) < 4.78 is 0. The number of carbonyl (C=O) groups is 2. The lowest BCUT2D eigenvalue weighted by Gasteiger charge is -2.44. The zero-order valence-electron chi connectivity index (χ0n) is 16.2. The lowest BCUT2D eigenvalue weighted by Crippen LogP contribution is -2.48. The van der Waals surface area contributed by atoms with E-state index in [1.54, 1.807) is 31.0 Å². The van der Waals surface area contributed by atoms with E-state index in [1.165, 1.54) is 12.4 Å². The highest BCUT2D eigenvalue weighted by Gasteiger charge is 2.38. The Hall–Kier alpha value is -3.47. The van der Waals surface area contributed by atoms with Crippen LogP contribution in [-0.2, 0) is 4.79 Å². The molecule has 1 aliphatic rings. The molecule has 0 radical (unpaired) electrons. The normalized spacial score (nSPS) is 20.7. The van der Waals surface area contributed by atoms with Gasteiger partial charge in [0.2, 0.25) is 5.91 Å². The van der Waals surface area contributed by atoms with Crippen molar-refractivity contribution in [2.45, 2.75) is 32.9 Å². The van der Waals surface area contributed by atoms with Gasteiger partial charge in [0.25, 0.3) is 5.91 Å². The second-order valence-electron chi connectivity index (χ2n) is 6.86. The molecule has 1 aromatic heterocycles. The maximum Gasteiger partial charge on any atom is 0.251 e. The molecule has 1 aromatic carbocycles. The average Bonchev–Trinajstić information content (AvgIpc) is 2.70. The third-order valence-electron chi connectivity index (χ3n) is 5.21. The Kier molecular flexibility index (Phi) is 5.27. The first-order valence-corrected chi connectivity index (χ1v) is 9.01. The number of nitrogens with zero attached hydrogens (tertiary/aromatic N) is 4. The highest BCUT2D eigenvalue weighted by atomic mass is 16.2. The van der Waals surface area contributed by atoms with Crippen molar-refractivity contribution >= 4 is 23.3 Å². The van der Waals surface area contributed by atoms with Crippen LogP contribution in [0.2, 0.25) is 0 Å². The van der Waals surface area contributed by atoms with Gasteiger partial charge in [-0.05, 0) is 30.7 Å². The smallest absolute Gasteiger partial charge is 0.251 e. The summed E-state index contributed by atoms with van der Waals surface area (Å²) in [6, 6.07) is 7.03. The van der Waals surface area contributed by atoms with E-state index >= 15 is 0 Å². The number of nitrogens with one attached hydrogen (secondary N) is 2. The Morgan fingerprint density at radius 3 is 2.54 bits per heavy atom. The van der Waals surface area contributed by atoms with Crippen molar-refractivity contribution < 1.29 is 9.59 Å². The molecule has 0 saturated carbocycles. The molecule has 0 bridgehead atoms. The number of rotatable bonds is 3. The first-order valence-electron chi connectivity index (χ1n) is 9.01. The summed E-state index contributed by atoms with van der Waals surface area (Å²) in [6.07, 6.45) is 2.92. The van der Waals surface area contributed by atoms with E-state index in [4.69, 9.17) is 5.26 Å². The summed E-state index contributed by atoms with van der Waals surface area (Å²) in [4.78, 5) is 34.5. The first-order chi connectivity index (χ1) is 13.4. The summed E-state index contributed by atoms with van der Waals surface area (Å²) in [5.74, 6) is 0.315. The van der Waals surface area contributed by atoms with E-state index in [1.807, 2.05) is 26.0 Å². The Morgan fingerprint density at radius 2 is 1.96 bits per heavy atom. The van der Waals surface area contributed by atoms with Crippen LogP contribution < -0.4 is 15.5 Å². The molecule has 1 unspecified atom stereocenters. The quantitative estimate of drug-likeness (QED) is 0.847. The van der Waals surface area contributed by atoms with Gasteiger partial charge in [-0.2, -0.15) is 5.26 Å². The minimum atomic E-state index is -0.194. The van der Waals surface area contributed by atoms with Crippen LogP contribution in [0.5, 0.6) is 0 Å². The van der Waals surface area contributed by atoms with E-state index in [9.17, 15) is 9.59 Å². The molecule has 0 aliphatic carbocycles. The molecule has 144 valence electrons. The Bertz CT molecular complexity index is 950. The molecule has 0 spiro atoms. The number of benzene rings is 1. The molecule has 8 heteroatoms. The number of fused-ring (bicyclic) bond motifs is 1. The van der Waals surface area contributed by atoms with Crippen molar-refractivity contribution in [2.24, 2.45) is 5.92 Å². The fourth-order valence-corrected chi connectivity index (χ4v) is 3.61. The lowest BCUT2D eigenvalue weighted by atomic mass is 9.82. The standard InChI is InChI=1S/C20H22N6O2/c1-11-12(2)26(13(3)27)17-6-5-14(20(28)22-4)7-16(17)19(11)25-18-10-23-15(8-21)9-24-18/h5-7,9-12,19H,1-4H3,(H,22,28)(H,24,25)/t11-,12-,19?/m0/s1. The van der Waals surface area contributed by atoms with Gasteiger partial charge in [-0.3, -0.25) is 9.59 Å². The van der Waals surface area contributed by atoms with Crippen LogP contribution in [0.15, 0.2) is 30.6 Å². The fraction of sp³-hybridized carbons (Fsp3) is 0.350. The molecule has 1 aliphatic heterocycles. The highest BCUT2D eigenvalue weighted by molar-refractivity contribution is 5.97. The monoisotopic (exact) mass is 378 g/mol. The molecular formula is C20H22N6O2. The van der Waals surface area contributed by atoms with Crippen LogP contribution in [0.1, 0.15) is 48.4 Å². The molecule has 2 aromatic rings. The molecule has 2 amide bonds. The average molecular weight is 378 g/mol. The molecule has 3 atom stereocenters. The molecule has 2 heterocycles. The van der Waals surface area contributed by atoms with Crippen LogP contribution in [0.25, 0.3) is 0 Å². The molecule has 3 rings (SSSR count). The zero-order valence-corrected chi connectivity index (χ0v) is 16.2. The van der Waals surface area contributed by atoms with Crippen LogP contribution in [0.3, 0.4) is 0 Å². The van der Waals surface area contributed by atoms with Crippen LogP contribution in [0.4, 0.5) is 11.5 Å². The number of nitriles is 1. The van der Waals surface area contributed by atoms with Crippen LogP contribution in [0, 0.1) is 17.2 Å². The van der Waals surface area contributed by atoms with Gasteiger partial charge < -0.3 is 15.5 Å². The van der Waals surface area contributed by atoms with Crippen molar-refractivity contribution in [3.05, 3.63) is 47.4 Å². The molecule has 0 saturated heterocycles. The maximum absolute atomic E-state index is 12.3. The maximum atomic E-state index is 12.3. The minimum Gasteiger partial charge on any atom is -0.362 e. The van der Waals surface area contributed by atoms with Crippen molar-refractivity contribution in [3.63, 3.8) is 0 Å². The van der Waals surface area contributed by atoms with Crippen LogP contribution >= 0.6 is 0 Å². The number of hydrogen-bond donors (Lipinski definition) is 2. The third-order valence-corrected chi connectivity index (χ3v) is 5.21. The van der Waals surface area contributed by atoms with Crippen molar-refractivity contribution in [1.82, 2.24) is 15.3 Å². The molecule has 0 fully saturated rings. The Morgan fingerprint density at radius 1 is 1.21 bits per heavy atom. The Balaban J connectivity index is 2.08. The second-order valence-corrected chi connectivity index (χ2v) is 6.86. The largest absolute Gasteiger partial charge is 0.362 e. The highest BCUT2D eigenvalue weighted by Crippen LogP contribution is 2.42. The summed E-state index contributed by atoms with van der Waals surface area (Å²) in [5, 5.41) is 14.9. The van der Waals surface area contributed by atoms with Crippen molar-refractivity contribution in [1.29, 1.82) is 5.26 Å². The van der Waals surface area contributed by atoms with Gasteiger partial charge in [-0.25, -0.2) is 9.97 Å². The van der Waals surface area contributed by atoms with Gasteiger partial charge >= 0.3 is 0 Å². The summed E-state index contributed by atoms with van der Waals surface area (Å²) >= 11 is 0. The predicted molar refractivity (Wildman–Crippen MR) is 105 cm³/mol. The van der Waals surface area contributed by atoms with Crippen LogP contribution in [-0.4, -0.2) is 34.9 Å². The number of amides is 2. The van der Waals surface area contributed by atoms with E-state index in [0.29, 0.717) is 11.4 Å². The van der Waals surface area contributed by atoms with Crippen molar-refractivity contribution in [2.75, 3.05) is 17.3 Å². The number of hydrogen-bond acceptors (Lipinski definition) is 6. The summed E-state index contributed by atoms with van der Waals surface area (Å²) in [6.45, 7) is 5.59. The van der Waals surface area contributed by atoms with Gasteiger partial charge in [0, 0.05) is 37.2 Å². The van der Waals surface area contributed by atoms with Gasteiger partial charge in [-0.15, -0.1) is 0 Å². The molecule has 8 nitrogen and oxygen atoms in total. The van der Waals surface area contributed by atoms with Gasteiger partial charge in [0.15, 0.2) is 5.69 Å². The number of anilines is 2. The van der Waals surface area contributed by atoms with E-state index < -0.39 is 0 Å². The van der Waals surface area contributed by atoms with E-state index in [-0.39, 0.29) is 35.5 Å². The van der Waals surface area contributed by atoms with E-state index in [0.717, 1.165) is 11.3 Å². The molecular weight excluding hydrogens is 356 g/mol. The fourth-order valence-electron chi connectivity index (χ4n) is 3.61. The van der Waals surface area contributed by atoms with E-state index in [2.05, 4.69) is 20.6 Å². The third kappa shape index (κ3) is 3.39. The minimum absolute atomic E-state index is 0.0359. The van der Waals surface area contributed by atoms with Gasteiger partial charge in [-0.1, -0.05) is 6.92 Å². The second kappa shape index (κ2) is 7.64. The SMILES string of the molecule is CNC(=O)c1ccc2c(c1)C(Nc1cnc(C#N)cn1)[C@@H](C)[C@H](C)N2C(C)=O. The number of aromatic nitrogens is 2. The molecule has 28 heavy (non-hydrogen) atoms. The Labute approximate surface area is 163 Å². The van der Waals surface area contributed by atoms with Gasteiger partial charge in [0.1, 0.15) is 11.9 Å². The predicted octanol–water partition coefficient (Wildman–Crippen LogP) is 2.25. The molecule has 2 N–H and O–H groups in total. The van der Waals surface area contributed by atoms with Gasteiger partial charge in [0.05, 0.1) is 18.4 Å². The first kappa shape index (κ1) is 19.3. The number of carbonyl (C=O) groups excluding carboxylic acids is 2. The van der Waals surface area contributed by atoms with Crippen molar-refractivity contribution in [3.8, 4) is 6.07 Å². The topological polar surface area (TPSA) is 111 Å².